The molecule has 1 rings (SSSR count). The zero-order valence-electron chi connectivity index (χ0n) is 17.4. The summed E-state index contributed by atoms with van der Waals surface area (Å²) in [6.45, 7) is 9.41. The molecule has 3 atom stereocenters. The second-order valence-corrected chi connectivity index (χ2v) is 8.84. The second kappa shape index (κ2) is 9.86. The van der Waals surface area contributed by atoms with Crippen LogP contribution in [0.25, 0.3) is 0 Å². The summed E-state index contributed by atoms with van der Waals surface area (Å²) in [5, 5.41) is 14.1. The van der Waals surface area contributed by atoms with Gasteiger partial charge in [-0.2, -0.15) is 0 Å². The Labute approximate surface area is 166 Å². The lowest BCUT2D eigenvalue weighted by Crippen LogP contribution is -2.55. The summed E-state index contributed by atoms with van der Waals surface area (Å²) >= 11 is 0. The number of hydrogen-bond acceptors (Lipinski definition) is 5. The fourth-order valence-corrected chi connectivity index (χ4v) is 3.08. The van der Waals surface area contributed by atoms with E-state index in [1.165, 1.54) is 4.90 Å². The summed E-state index contributed by atoms with van der Waals surface area (Å²) in [7, 11) is 0. The van der Waals surface area contributed by atoms with E-state index in [-0.39, 0.29) is 18.4 Å². The molecule has 1 fully saturated rings. The first-order valence-electron chi connectivity index (χ1n) is 9.70. The lowest BCUT2D eigenvalue weighted by Gasteiger charge is -2.32. The molecule has 0 spiro atoms. The fraction of sp³-hybridized carbons (Fsp3) is 0.789. The normalized spacial score (nSPS) is 19.2. The number of nitrogens with one attached hydrogen (secondary N) is 2. The van der Waals surface area contributed by atoms with Gasteiger partial charge in [0, 0.05) is 6.54 Å². The van der Waals surface area contributed by atoms with Gasteiger partial charge in [0.15, 0.2) is 0 Å². The number of rotatable bonds is 8. The molecule has 0 unspecified atom stereocenters. The van der Waals surface area contributed by atoms with Gasteiger partial charge in [0.1, 0.15) is 12.1 Å². The first-order valence-corrected chi connectivity index (χ1v) is 9.70. The summed E-state index contributed by atoms with van der Waals surface area (Å²) in [6, 6.07) is -2.39. The first-order chi connectivity index (χ1) is 12.8. The highest BCUT2D eigenvalue weighted by Crippen LogP contribution is 2.24. The molecule has 1 aliphatic rings. The quantitative estimate of drug-likeness (QED) is 0.456. The molecule has 9 heteroatoms. The SMILES string of the molecule is CC(C)C[C@@H](NC(=O)CNC(=O)[C@@H]1CCCN1C(=O)[C@H](N)C(C)(C)C)C(=O)O. The molecule has 9 nitrogen and oxygen atoms in total. The van der Waals surface area contributed by atoms with E-state index in [0.717, 1.165) is 0 Å². The van der Waals surface area contributed by atoms with Crippen molar-refractivity contribution >= 4 is 23.7 Å². The van der Waals surface area contributed by atoms with Crippen molar-refractivity contribution in [3.63, 3.8) is 0 Å². The van der Waals surface area contributed by atoms with E-state index in [1.807, 2.05) is 34.6 Å². The van der Waals surface area contributed by atoms with Crippen molar-refractivity contribution in [2.75, 3.05) is 13.1 Å². The highest BCUT2D eigenvalue weighted by Gasteiger charge is 2.39. The minimum absolute atomic E-state index is 0.0982. The highest BCUT2D eigenvalue weighted by atomic mass is 16.4. The number of aliphatic carboxylic acids is 1. The van der Waals surface area contributed by atoms with Gasteiger partial charge < -0.3 is 26.4 Å². The minimum atomic E-state index is -1.11. The summed E-state index contributed by atoms with van der Waals surface area (Å²) in [6.07, 6.45) is 1.48. The Balaban J connectivity index is 2.63. The van der Waals surface area contributed by atoms with Crippen molar-refractivity contribution < 1.29 is 24.3 Å². The third kappa shape index (κ3) is 6.78. The van der Waals surface area contributed by atoms with E-state index in [2.05, 4.69) is 10.6 Å². The molecule has 0 aromatic rings. The molecule has 160 valence electrons. The van der Waals surface area contributed by atoms with E-state index in [0.29, 0.717) is 25.8 Å². The average molecular weight is 399 g/mol. The number of carbonyl (C=O) groups is 4. The Morgan fingerprint density at radius 3 is 2.32 bits per heavy atom. The van der Waals surface area contributed by atoms with Gasteiger partial charge in [0.25, 0.3) is 0 Å². The maximum Gasteiger partial charge on any atom is 0.326 e. The van der Waals surface area contributed by atoms with Crippen molar-refractivity contribution in [2.24, 2.45) is 17.1 Å². The first kappa shape index (κ1) is 23.9. The van der Waals surface area contributed by atoms with Gasteiger partial charge >= 0.3 is 5.97 Å². The van der Waals surface area contributed by atoms with Crippen LogP contribution in [0, 0.1) is 11.3 Å². The van der Waals surface area contributed by atoms with Crippen molar-refractivity contribution in [3.05, 3.63) is 0 Å². The zero-order valence-corrected chi connectivity index (χ0v) is 17.4. The maximum absolute atomic E-state index is 12.6. The third-order valence-corrected chi connectivity index (χ3v) is 4.80. The van der Waals surface area contributed by atoms with E-state index >= 15 is 0 Å². The van der Waals surface area contributed by atoms with Crippen LogP contribution in [0.3, 0.4) is 0 Å². The van der Waals surface area contributed by atoms with E-state index in [4.69, 9.17) is 5.73 Å². The minimum Gasteiger partial charge on any atom is -0.480 e. The van der Waals surface area contributed by atoms with Crippen LogP contribution in [0.2, 0.25) is 0 Å². The Bertz CT molecular complexity index is 600. The van der Waals surface area contributed by atoms with E-state index in [9.17, 15) is 24.3 Å². The van der Waals surface area contributed by atoms with Crippen LogP contribution < -0.4 is 16.4 Å². The molecule has 28 heavy (non-hydrogen) atoms. The van der Waals surface area contributed by atoms with Gasteiger partial charge in [0.05, 0.1) is 12.6 Å². The number of carboxylic acids is 1. The monoisotopic (exact) mass is 398 g/mol. The van der Waals surface area contributed by atoms with Crippen LogP contribution in [0.5, 0.6) is 0 Å². The summed E-state index contributed by atoms with van der Waals surface area (Å²) in [5.41, 5.74) is 5.61. The second-order valence-electron chi connectivity index (χ2n) is 8.84. The number of nitrogens with two attached hydrogens (primary N) is 1. The Hall–Kier alpha value is -2.16. The van der Waals surface area contributed by atoms with Crippen molar-refractivity contribution in [3.8, 4) is 0 Å². The van der Waals surface area contributed by atoms with Crippen LogP contribution in [-0.4, -0.2) is 64.9 Å². The third-order valence-electron chi connectivity index (χ3n) is 4.80. The molecule has 3 amide bonds. The lowest BCUT2D eigenvalue weighted by atomic mass is 9.86. The molecule has 0 aromatic carbocycles. The lowest BCUT2D eigenvalue weighted by molar-refractivity contribution is -0.143. The largest absolute Gasteiger partial charge is 0.480 e. The molecule has 1 aliphatic heterocycles. The Morgan fingerprint density at radius 2 is 1.82 bits per heavy atom. The van der Waals surface area contributed by atoms with Gasteiger partial charge in [-0.3, -0.25) is 14.4 Å². The topological polar surface area (TPSA) is 142 Å². The number of carbonyl (C=O) groups excluding carboxylic acids is 3. The molecule has 0 radical (unpaired) electrons. The highest BCUT2D eigenvalue weighted by molar-refractivity contribution is 5.93. The molecule has 0 aromatic heterocycles. The van der Waals surface area contributed by atoms with Gasteiger partial charge in [0.2, 0.25) is 17.7 Å². The predicted molar refractivity (Wildman–Crippen MR) is 104 cm³/mol. The van der Waals surface area contributed by atoms with Crippen LogP contribution in [0.15, 0.2) is 0 Å². The molecule has 0 aliphatic carbocycles. The molecule has 5 N–H and O–H groups in total. The molecular formula is C19H34N4O5. The van der Waals surface area contributed by atoms with Crippen LogP contribution in [0.4, 0.5) is 0 Å². The van der Waals surface area contributed by atoms with Crippen LogP contribution >= 0.6 is 0 Å². The number of carboxylic acid groups (broad SMARTS) is 1. The number of amides is 3. The predicted octanol–water partition coefficient (Wildman–Crippen LogP) is 0.0825. The van der Waals surface area contributed by atoms with Crippen LogP contribution in [-0.2, 0) is 19.2 Å². The van der Waals surface area contributed by atoms with Gasteiger partial charge in [-0.15, -0.1) is 0 Å². The summed E-state index contributed by atoms with van der Waals surface area (Å²) < 4.78 is 0. The average Bonchev–Trinajstić information content (AvgIpc) is 3.06. The van der Waals surface area contributed by atoms with E-state index < -0.39 is 41.3 Å². The number of nitrogens with zero attached hydrogens (tertiary/aromatic N) is 1. The molecular weight excluding hydrogens is 364 g/mol. The molecule has 1 saturated heterocycles. The molecule has 0 saturated carbocycles. The fourth-order valence-electron chi connectivity index (χ4n) is 3.08. The van der Waals surface area contributed by atoms with Crippen LogP contribution in [0.1, 0.15) is 53.9 Å². The Morgan fingerprint density at radius 1 is 1.21 bits per heavy atom. The van der Waals surface area contributed by atoms with Crippen molar-refractivity contribution in [1.29, 1.82) is 0 Å². The summed E-state index contributed by atoms with van der Waals surface area (Å²) in [5.74, 6) is -2.31. The van der Waals surface area contributed by atoms with Crippen molar-refractivity contribution in [2.45, 2.75) is 72.0 Å². The Kier molecular flexibility index (Phi) is 8.41. The standard InChI is InChI=1S/C19H34N4O5/c1-11(2)9-12(18(27)28)22-14(24)10-21-16(25)13-7-6-8-23(13)17(26)15(20)19(3,4)5/h11-13,15H,6-10,20H2,1-5H3,(H,21,25)(H,22,24)(H,27,28)/t12-,13+,15+/m1/s1. The van der Waals surface area contributed by atoms with Gasteiger partial charge in [-0.25, -0.2) is 4.79 Å². The molecule has 1 heterocycles. The smallest absolute Gasteiger partial charge is 0.326 e. The molecule has 0 bridgehead atoms. The van der Waals surface area contributed by atoms with Gasteiger partial charge in [-0.05, 0) is 30.6 Å². The number of likely N-dealkylation sites (tertiary alicyclic amines) is 1. The van der Waals surface area contributed by atoms with Crippen molar-refractivity contribution in [1.82, 2.24) is 15.5 Å². The maximum atomic E-state index is 12.6. The zero-order chi connectivity index (χ0) is 21.6. The number of hydrogen-bond donors (Lipinski definition) is 4. The summed E-state index contributed by atoms with van der Waals surface area (Å²) in [4.78, 5) is 49.9. The van der Waals surface area contributed by atoms with E-state index in [1.54, 1.807) is 0 Å². The van der Waals surface area contributed by atoms with Gasteiger partial charge in [-0.1, -0.05) is 34.6 Å².